The molecule has 1 amide bonds. The highest BCUT2D eigenvalue weighted by Crippen LogP contribution is 2.30. The van der Waals surface area contributed by atoms with Crippen molar-refractivity contribution in [2.24, 2.45) is 11.7 Å². The van der Waals surface area contributed by atoms with Crippen LogP contribution in [-0.4, -0.2) is 37.4 Å². The van der Waals surface area contributed by atoms with Gasteiger partial charge in [0.2, 0.25) is 5.91 Å². The lowest BCUT2D eigenvalue weighted by atomic mass is 9.76. The molecule has 1 aliphatic rings. The molecular weight excluding hydrogens is 264 g/mol. The summed E-state index contributed by atoms with van der Waals surface area (Å²) < 4.78 is 22.2. The smallest absolute Gasteiger partial charge is 0.240 e. The molecule has 0 aliphatic heterocycles. The number of nitrogens with two attached hydrogens (primary N) is 1. The summed E-state index contributed by atoms with van der Waals surface area (Å²) in [7, 11) is -3.21. The van der Waals surface area contributed by atoms with Crippen LogP contribution in [0.15, 0.2) is 0 Å². The SMILES string of the molecule is CC1CCCC(N)(C(=O)NCC(C)(C)S(C)(=O)=O)C1. The average Bonchev–Trinajstić information content (AvgIpc) is 2.24. The zero-order valence-corrected chi connectivity index (χ0v) is 13.1. The first-order chi connectivity index (χ1) is 8.48. The lowest BCUT2D eigenvalue weighted by Crippen LogP contribution is -2.58. The van der Waals surface area contributed by atoms with Crippen molar-refractivity contribution in [2.75, 3.05) is 12.8 Å². The minimum Gasteiger partial charge on any atom is -0.353 e. The fraction of sp³-hybridized carbons (Fsp3) is 0.923. The number of hydrogen-bond acceptors (Lipinski definition) is 4. The summed E-state index contributed by atoms with van der Waals surface area (Å²) in [6, 6.07) is 0. The van der Waals surface area contributed by atoms with Gasteiger partial charge in [-0.1, -0.05) is 19.8 Å². The van der Waals surface area contributed by atoms with Gasteiger partial charge in [-0.25, -0.2) is 8.42 Å². The van der Waals surface area contributed by atoms with E-state index in [9.17, 15) is 13.2 Å². The minimum atomic E-state index is -3.21. The van der Waals surface area contributed by atoms with Gasteiger partial charge in [-0.05, 0) is 32.6 Å². The molecule has 2 unspecified atom stereocenters. The molecule has 0 aromatic heterocycles. The molecule has 6 heteroatoms. The molecule has 5 nitrogen and oxygen atoms in total. The summed E-state index contributed by atoms with van der Waals surface area (Å²) in [5, 5.41) is 2.72. The fourth-order valence-corrected chi connectivity index (χ4v) is 2.73. The van der Waals surface area contributed by atoms with Crippen LogP contribution in [0.2, 0.25) is 0 Å². The van der Waals surface area contributed by atoms with E-state index in [1.54, 1.807) is 13.8 Å². The van der Waals surface area contributed by atoms with Crippen LogP contribution in [0.3, 0.4) is 0 Å². The van der Waals surface area contributed by atoms with Crippen LogP contribution in [0, 0.1) is 5.92 Å². The van der Waals surface area contributed by atoms with Crippen LogP contribution >= 0.6 is 0 Å². The van der Waals surface area contributed by atoms with Gasteiger partial charge in [-0.15, -0.1) is 0 Å². The molecule has 1 rings (SSSR count). The molecule has 0 aromatic carbocycles. The highest BCUT2D eigenvalue weighted by molar-refractivity contribution is 7.92. The maximum atomic E-state index is 12.2. The van der Waals surface area contributed by atoms with Gasteiger partial charge in [-0.3, -0.25) is 4.79 Å². The Morgan fingerprint density at radius 1 is 1.47 bits per heavy atom. The molecule has 3 N–H and O–H groups in total. The minimum absolute atomic E-state index is 0.0952. The number of nitrogens with one attached hydrogen (secondary N) is 1. The zero-order chi connectivity index (χ0) is 14.9. The van der Waals surface area contributed by atoms with Crippen molar-refractivity contribution in [3.63, 3.8) is 0 Å². The molecule has 1 fully saturated rings. The van der Waals surface area contributed by atoms with Gasteiger partial charge in [0.15, 0.2) is 9.84 Å². The summed E-state index contributed by atoms with van der Waals surface area (Å²) in [6.45, 7) is 5.40. The number of rotatable bonds is 4. The van der Waals surface area contributed by atoms with E-state index in [-0.39, 0.29) is 12.5 Å². The lowest BCUT2D eigenvalue weighted by Gasteiger charge is -2.36. The van der Waals surface area contributed by atoms with E-state index in [0.29, 0.717) is 18.8 Å². The summed E-state index contributed by atoms with van der Waals surface area (Å²) in [5.74, 6) is 0.211. The Labute approximate surface area is 116 Å². The van der Waals surface area contributed by atoms with Crippen LogP contribution in [0.5, 0.6) is 0 Å². The van der Waals surface area contributed by atoms with Crippen LogP contribution in [0.4, 0.5) is 0 Å². The van der Waals surface area contributed by atoms with E-state index in [2.05, 4.69) is 12.2 Å². The molecule has 0 aromatic rings. The van der Waals surface area contributed by atoms with Crippen molar-refractivity contribution in [2.45, 2.75) is 56.7 Å². The molecule has 0 saturated heterocycles. The molecule has 1 saturated carbocycles. The summed E-state index contributed by atoms with van der Waals surface area (Å²) >= 11 is 0. The highest BCUT2D eigenvalue weighted by Gasteiger charge is 2.39. The Morgan fingerprint density at radius 3 is 2.53 bits per heavy atom. The molecule has 19 heavy (non-hydrogen) atoms. The van der Waals surface area contributed by atoms with E-state index in [1.165, 1.54) is 6.26 Å². The molecule has 2 atom stereocenters. The third-order valence-electron chi connectivity index (χ3n) is 4.16. The third kappa shape index (κ3) is 3.92. The Kier molecular flexibility index (Phi) is 4.67. The van der Waals surface area contributed by atoms with Gasteiger partial charge in [0.05, 0.1) is 10.3 Å². The van der Waals surface area contributed by atoms with Crippen molar-refractivity contribution < 1.29 is 13.2 Å². The van der Waals surface area contributed by atoms with Crippen molar-refractivity contribution >= 4 is 15.7 Å². The number of hydrogen-bond donors (Lipinski definition) is 2. The summed E-state index contributed by atoms with van der Waals surface area (Å²) in [5.41, 5.74) is 5.33. The second-order valence-corrected chi connectivity index (χ2v) is 9.22. The van der Waals surface area contributed by atoms with Crippen LogP contribution in [0.25, 0.3) is 0 Å². The Bertz CT molecular complexity index is 445. The van der Waals surface area contributed by atoms with Crippen LogP contribution < -0.4 is 11.1 Å². The first-order valence-corrected chi connectivity index (χ1v) is 8.64. The number of carbonyl (C=O) groups excluding carboxylic acids is 1. The number of amides is 1. The topological polar surface area (TPSA) is 89.3 Å². The zero-order valence-electron chi connectivity index (χ0n) is 12.3. The largest absolute Gasteiger partial charge is 0.353 e. The van der Waals surface area contributed by atoms with Gasteiger partial charge in [-0.2, -0.15) is 0 Å². The number of sulfone groups is 1. The summed E-state index contributed by atoms with van der Waals surface area (Å²) in [6.07, 6.45) is 4.56. The Hall–Kier alpha value is -0.620. The van der Waals surface area contributed by atoms with Crippen molar-refractivity contribution in [3.8, 4) is 0 Å². The van der Waals surface area contributed by atoms with E-state index >= 15 is 0 Å². The lowest BCUT2D eigenvalue weighted by molar-refractivity contribution is -0.128. The highest BCUT2D eigenvalue weighted by atomic mass is 32.2. The van der Waals surface area contributed by atoms with E-state index in [1.807, 2.05) is 0 Å². The van der Waals surface area contributed by atoms with Gasteiger partial charge in [0.1, 0.15) is 0 Å². The van der Waals surface area contributed by atoms with Gasteiger partial charge >= 0.3 is 0 Å². The predicted octanol–water partition coefficient (Wildman–Crippen LogP) is 0.833. The molecule has 112 valence electrons. The second-order valence-electron chi connectivity index (χ2n) is 6.57. The van der Waals surface area contributed by atoms with Gasteiger partial charge in [0.25, 0.3) is 0 Å². The van der Waals surface area contributed by atoms with Crippen molar-refractivity contribution in [1.29, 1.82) is 0 Å². The third-order valence-corrected chi connectivity index (χ3v) is 6.32. The van der Waals surface area contributed by atoms with E-state index in [0.717, 1.165) is 12.8 Å². The Balaban J connectivity index is 2.66. The standard InChI is InChI=1S/C13H26N2O3S/c1-10-6-5-7-13(14,8-10)11(16)15-9-12(2,3)19(4,17)18/h10H,5-9,14H2,1-4H3,(H,15,16). The first kappa shape index (κ1) is 16.4. The van der Waals surface area contributed by atoms with Crippen molar-refractivity contribution in [1.82, 2.24) is 5.32 Å². The van der Waals surface area contributed by atoms with Crippen LogP contribution in [-0.2, 0) is 14.6 Å². The van der Waals surface area contributed by atoms with Crippen LogP contribution in [0.1, 0.15) is 46.5 Å². The predicted molar refractivity (Wildman–Crippen MR) is 76.5 cm³/mol. The van der Waals surface area contributed by atoms with Gasteiger partial charge in [0, 0.05) is 12.8 Å². The number of carbonyl (C=O) groups is 1. The average molecular weight is 290 g/mol. The normalized spacial score (nSPS) is 29.0. The monoisotopic (exact) mass is 290 g/mol. The second kappa shape index (κ2) is 5.40. The molecular formula is C13H26N2O3S. The van der Waals surface area contributed by atoms with Crippen molar-refractivity contribution in [3.05, 3.63) is 0 Å². The molecule has 0 heterocycles. The first-order valence-electron chi connectivity index (χ1n) is 6.75. The molecule has 0 spiro atoms. The maximum absolute atomic E-state index is 12.2. The maximum Gasteiger partial charge on any atom is 0.240 e. The van der Waals surface area contributed by atoms with E-state index < -0.39 is 20.1 Å². The van der Waals surface area contributed by atoms with E-state index in [4.69, 9.17) is 5.73 Å². The fourth-order valence-electron chi connectivity index (χ4n) is 2.40. The molecule has 0 radical (unpaired) electrons. The Morgan fingerprint density at radius 2 is 2.05 bits per heavy atom. The van der Waals surface area contributed by atoms with Gasteiger partial charge < -0.3 is 11.1 Å². The summed E-state index contributed by atoms with van der Waals surface area (Å²) in [4.78, 5) is 12.2. The molecule has 1 aliphatic carbocycles. The quantitative estimate of drug-likeness (QED) is 0.802. The molecule has 0 bridgehead atoms.